The normalized spacial score (nSPS) is 34.2. The predicted molar refractivity (Wildman–Crippen MR) is 74.8 cm³/mol. The third-order valence-corrected chi connectivity index (χ3v) is 5.00. The fourth-order valence-corrected chi connectivity index (χ4v) is 3.81. The van der Waals surface area contributed by atoms with Gasteiger partial charge in [-0.05, 0) is 37.8 Å². The lowest BCUT2D eigenvalue weighted by atomic mass is 9.97. The molecule has 3 heterocycles. The highest BCUT2D eigenvalue weighted by atomic mass is 16.2. The molecule has 3 aliphatic rings. The second kappa shape index (κ2) is 5.69. The zero-order valence-corrected chi connectivity index (χ0v) is 11.9. The molecule has 3 atom stereocenters. The van der Waals surface area contributed by atoms with E-state index in [0.717, 1.165) is 45.6 Å². The monoisotopic (exact) mass is 280 g/mol. The first-order valence-corrected chi connectivity index (χ1v) is 7.63. The number of rotatable bonds is 3. The summed E-state index contributed by atoms with van der Waals surface area (Å²) in [7, 11) is 0. The SMILES string of the molecule is NC(=O)C1CCCN(C(=O)CN2C[C@H]3CNC[C@H]3C2)C1. The van der Waals surface area contributed by atoms with Gasteiger partial charge in [0.15, 0.2) is 0 Å². The first kappa shape index (κ1) is 13.8. The minimum absolute atomic E-state index is 0.156. The number of nitrogens with two attached hydrogens (primary N) is 1. The van der Waals surface area contributed by atoms with Crippen molar-refractivity contribution in [2.75, 3.05) is 45.8 Å². The van der Waals surface area contributed by atoms with Crippen molar-refractivity contribution in [3.63, 3.8) is 0 Å². The minimum Gasteiger partial charge on any atom is -0.369 e. The molecular weight excluding hydrogens is 256 g/mol. The van der Waals surface area contributed by atoms with Crippen LogP contribution >= 0.6 is 0 Å². The van der Waals surface area contributed by atoms with Crippen molar-refractivity contribution in [1.29, 1.82) is 0 Å². The number of likely N-dealkylation sites (tertiary alicyclic amines) is 2. The average molecular weight is 280 g/mol. The number of hydrogen-bond donors (Lipinski definition) is 2. The largest absolute Gasteiger partial charge is 0.369 e. The lowest BCUT2D eigenvalue weighted by Crippen LogP contribution is -2.47. The molecule has 0 bridgehead atoms. The minimum atomic E-state index is -0.274. The van der Waals surface area contributed by atoms with Gasteiger partial charge in [-0.3, -0.25) is 14.5 Å². The second-order valence-corrected chi connectivity index (χ2v) is 6.45. The molecule has 6 nitrogen and oxygen atoms in total. The second-order valence-electron chi connectivity index (χ2n) is 6.45. The van der Waals surface area contributed by atoms with Crippen molar-refractivity contribution in [2.45, 2.75) is 12.8 Å². The highest BCUT2D eigenvalue weighted by molar-refractivity contribution is 5.81. The highest BCUT2D eigenvalue weighted by Gasteiger charge is 2.37. The molecule has 0 aromatic heterocycles. The van der Waals surface area contributed by atoms with Gasteiger partial charge in [0.1, 0.15) is 0 Å². The van der Waals surface area contributed by atoms with Crippen LogP contribution in [0.15, 0.2) is 0 Å². The van der Waals surface area contributed by atoms with Gasteiger partial charge in [0.2, 0.25) is 11.8 Å². The van der Waals surface area contributed by atoms with E-state index in [-0.39, 0.29) is 17.7 Å². The maximum Gasteiger partial charge on any atom is 0.236 e. The topological polar surface area (TPSA) is 78.7 Å². The Hall–Kier alpha value is -1.14. The summed E-state index contributed by atoms with van der Waals surface area (Å²) in [6.45, 7) is 6.00. The smallest absolute Gasteiger partial charge is 0.236 e. The fraction of sp³-hybridized carbons (Fsp3) is 0.857. The van der Waals surface area contributed by atoms with Gasteiger partial charge in [0, 0.05) is 26.2 Å². The highest BCUT2D eigenvalue weighted by Crippen LogP contribution is 2.26. The molecule has 0 aromatic rings. The Kier molecular flexibility index (Phi) is 3.94. The summed E-state index contributed by atoms with van der Waals surface area (Å²) in [4.78, 5) is 27.7. The van der Waals surface area contributed by atoms with Gasteiger partial charge in [-0.15, -0.1) is 0 Å². The first-order valence-electron chi connectivity index (χ1n) is 7.63. The quantitative estimate of drug-likeness (QED) is 0.685. The van der Waals surface area contributed by atoms with Crippen LogP contribution < -0.4 is 11.1 Å². The first-order chi connectivity index (χ1) is 9.63. The van der Waals surface area contributed by atoms with Crippen molar-refractivity contribution < 1.29 is 9.59 Å². The van der Waals surface area contributed by atoms with Crippen LogP contribution in [0.3, 0.4) is 0 Å². The number of amides is 2. The number of nitrogens with zero attached hydrogens (tertiary/aromatic N) is 2. The molecular formula is C14H24N4O2. The van der Waals surface area contributed by atoms with E-state index in [2.05, 4.69) is 10.2 Å². The predicted octanol–water partition coefficient (Wildman–Crippen LogP) is -1.14. The Labute approximate surface area is 119 Å². The number of nitrogens with one attached hydrogen (secondary N) is 1. The van der Waals surface area contributed by atoms with Gasteiger partial charge in [-0.25, -0.2) is 0 Å². The zero-order valence-electron chi connectivity index (χ0n) is 11.9. The van der Waals surface area contributed by atoms with Crippen LogP contribution in [0.1, 0.15) is 12.8 Å². The fourth-order valence-electron chi connectivity index (χ4n) is 3.81. The Morgan fingerprint density at radius 2 is 1.85 bits per heavy atom. The van der Waals surface area contributed by atoms with E-state index in [4.69, 9.17) is 5.73 Å². The number of piperidine rings is 1. The maximum atomic E-state index is 12.4. The molecule has 3 N–H and O–H groups in total. The maximum absolute atomic E-state index is 12.4. The van der Waals surface area contributed by atoms with Crippen LogP contribution in [0.4, 0.5) is 0 Å². The molecule has 1 unspecified atom stereocenters. The summed E-state index contributed by atoms with van der Waals surface area (Å²) in [5.41, 5.74) is 5.36. The summed E-state index contributed by atoms with van der Waals surface area (Å²) < 4.78 is 0. The molecule has 0 spiro atoms. The van der Waals surface area contributed by atoms with Crippen LogP contribution in [0, 0.1) is 17.8 Å². The molecule has 0 aromatic carbocycles. The van der Waals surface area contributed by atoms with Gasteiger partial charge in [0.05, 0.1) is 12.5 Å². The van der Waals surface area contributed by atoms with Crippen LogP contribution in [0.5, 0.6) is 0 Å². The zero-order chi connectivity index (χ0) is 14.1. The number of carbonyl (C=O) groups excluding carboxylic acids is 2. The lowest BCUT2D eigenvalue weighted by Gasteiger charge is -2.32. The van der Waals surface area contributed by atoms with Crippen molar-refractivity contribution in [3.8, 4) is 0 Å². The standard InChI is InChI=1S/C14H24N4O2/c15-14(20)10-2-1-3-18(8-10)13(19)9-17-6-11-4-16-5-12(11)7-17/h10-12,16H,1-9H2,(H2,15,20)/t10?,11-,12+. The van der Waals surface area contributed by atoms with Gasteiger partial charge < -0.3 is 16.0 Å². The van der Waals surface area contributed by atoms with E-state index in [1.165, 1.54) is 0 Å². The summed E-state index contributed by atoms with van der Waals surface area (Å²) >= 11 is 0. The van der Waals surface area contributed by atoms with Crippen LogP contribution in [0.2, 0.25) is 0 Å². The number of hydrogen-bond acceptors (Lipinski definition) is 4. The Balaban J connectivity index is 1.50. The van der Waals surface area contributed by atoms with Gasteiger partial charge >= 0.3 is 0 Å². The van der Waals surface area contributed by atoms with Crippen LogP contribution in [-0.2, 0) is 9.59 Å². The molecule has 6 heteroatoms. The molecule has 2 amide bonds. The van der Waals surface area contributed by atoms with Crippen molar-refractivity contribution in [3.05, 3.63) is 0 Å². The molecule has 112 valence electrons. The van der Waals surface area contributed by atoms with E-state index in [1.54, 1.807) is 0 Å². The molecule has 3 saturated heterocycles. The molecule has 0 radical (unpaired) electrons. The Bertz CT molecular complexity index is 389. The van der Waals surface area contributed by atoms with Gasteiger partial charge in [0.25, 0.3) is 0 Å². The number of primary amides is 1. The van der Waals surface area contributed by atoms with Crippen molar-refractivity contribution in [2.24, 2.45) is 23.5 Å². The van der Waals surface area contributed by atoms with E-state index in [9.17, 15) is 9.59 Å². The average Bonchev–Trinajstić information content (AvgIpc) is 2.99. The third kappa shape index (κ3) is 2.81. The number of fused-ring (bicyclic) bond motifs is 1. The van der Waals surface area contributed by atoms with Crippen LogP contribution in [-0.4, -0.2) is 67.4 Å². The van der Waals surface area contributed by atoms with Gasteiger partial charge in [-0.2, -0.15) is 0 Å². The van der Waals surface area contributed by atoms with E-state index in [1.807, 2.05) is 4.90 Å². The van der Waals surface area contributed by atoms with E-state index < -0.39 is 0 Å². The summed E-state index contributed by atoms with van der Waals surface area (Å²) in [5, 5.41) is 3.41. The van der Waals surface area contributed by atoms with E-state index in [0.29, 0.717) is 24.9 Å². The Morgan fingerprint density at radius 3 is 2.50 bits per heavy atom. The summed E-state index contributed by atoms with van der Waals surface area (Å²) in [6.07, 6.45) is 1.70. The van der Waals surface area contributed by atoms with Crippen molar-refractivity contribution in [1.82, 2.24) is 15.1 Å². The molecule has 0 aliphatic carbocycles. The summed E-state index contributed by atoms with van der Waals surface area (Å²) in [5.74, 6) is 1.15. The molecule has 3 aliphatic heterocycles. The molecule has 3 rings (SSSR count). The Morgan fingerprint density at radius 1 is 1.15 bits per heavy atom. The number of carbonyl (C=O) groups is 2. The van der Waals surface area contributed by atoms with Crippen molar-refractivity contribution >= 4 is 11.8 Å². The third-order valence-electron chi connectivity index (χ3n) is 5.00. The van der Waals surface area contributed by atoms with Gasteiger partial charge in [-0.1, -0.05) is 0 Å². The molecule has 0 saturated carbocycles. The lowest BCUT2D eigenvalue weighted by molar-refractivity contribution is -0.135. The summed E-state index contributed by atoms with van der Waals surface area (Å²) in [6, 6.07) is 0. The molecule has 20 heavy (non-hydrogen) atoms. The molecule has 3 fully saturated rings. The van der Waals surface area contributed by atoms with E-state index >= 15 is 0 Å². The van der Waals surface area contributed by atoms with Crippen LogP contribution in [0.25, 0.3) is 0 Å².